The van der Waals surface area contributed by atoms with Crippen LogP contribution in [0.2, 0.25) is 0 Å². The van der Waals surface area contributed by atoms with Crippen molar-refractivity contribution >= 4 is 17.9 Å². The highest BCUT2D eigenvalue weighted by Gasteiger charge is 2.28. The molecule has 0 aliphatic carbocycles. The number of nitrogens with zero attached hydrogens (tertiary/aromatic N) is 5. The van der Waals surface area contributed by atoms with Gasteiger partial charge in [0.05, 0.1) is 0 Å². The molecule has 3 amide bonds. The Morgan fingerprint density at radius 3 is 2.82 bits per heavy atom. The Morgan fingerprint density at radius 1 is 1.25 bits per heavy atom. The first kappa shape index (κ1) is 18.1. The van der Waals surface area contributed by atoms with E-state index >= 15 is 0 Å². The van der Waals surface area contributed by atoms with Crippen LogP contribution in [0.25, 0.3) is 0 Å². The predicted molar refractivity (Wildman–Crippen MR) is 99.0 cm³/mol. The molecule has 148 valence electrons. The summed E-state index contributed by atoms with van der Waals surface area (Å²) in [7, 11) is 1.78. The second-order valence-corrected chi connectivity index (χ2v) is 6.68. The second kappa shape index (κ2) is 7.37. The van der Waals surface area contributed by atoms with E-state index in [0.29, 0.717) is 31.1 Å². The molecule has 3 heterocycles. The van der Waals surface area contributed by atoms with E-state index in [4.69, 9.17) is 9.47 Å². The Balaban J connectivity index is 1.34. The fourth-order valence-corrected chi connectivity index (χ4v) is 3.26. The lowest BCUT2D eigenvalue weighted by molar-refractivity contribution is -0.135. The second-order valence-electron chi connectivity index (χ2n) is 6.68. The predicted octanol–water partition coefficient (Wildman–Crippen LogP) is 0.982. The smallest absolute Gasteiger partial charge is 0.324 e. The monoisotopic (exact) mass is 386 g/mol. The highest BCUT2D eigenvalue weighted by Crippen LogP contribution is 2.32. The number of piperazine rings is 1. The normalized spacial score (nSPS) is 15.9. The van der Waals surface area contributed by atoms with Gasteiger partial charge in [-0.25, -0.2) is 4.79 Å². The summed E-state index contributed by atoms with van der Waals surface area (Å²) in [4.78, 5) is 32.4. The maximum Gasteiger partial charge on any atom is 0.324 e. The fraction of sp³-hybridized carbons (Fsp3) is 0.444. The number of amides is 3. The number of urea groups is 1. The van der Waals surface area contributed by atoms with Crippen LogP contribution in [0.4, 0.5) is 10.7 Å². The summed E-state index contributed by atoms with van der Waals surface area (Å²) in [6.07, 6.45) is 0.719. The van der Waals surface area contributed by atoms with Gasteiger partial charge in [0.1, 0.15) is 12.4 Å². The number of hydrogen-bond donors (Lipinski definition) is 1. The first-order chi connectivity index (χ1) is 13.5. The number of carbonyl (C=O) groups excluding carboxylic acids is 2. The lowest BCUT2D eigenvalue weighted by Gasteiger charge is -2.34. The van der Waals surface area contributed by atoms with Gasteiger partial charge in [0.15, 0.2) is 11.5 Å². The zero-order chi connectivity index (χ0) is 19.7. The molecule has 1 N–H and O–H groups in total. The number of ether oxygens (including phenoxy) is 2. The van der Waals surface area contributed by atoms with Crippen molar-refractivity contribution in [2.75, 3.05) is 31.7 Å². The van der Waals surface area contributed by atoms with E-state index in [2.05, 4.69) is 15.4 Å². The van der Waals surface area contributed by atoms with E-state index in [9.17, 15) is 9.59 Å². The number of anilines is 1. The van der Waals surface area contributed by atoms with Crippen LogP contribution in [0.5, 0.6) is 11.5 Å². The van der Waals surface area contributed by atoms with E-state index in [1.807, 2.05) is 25.1 Å². The van der Waals surface area contributed by atoms with Gasteiger partial charge in [-0.2, -0.15) is 4.98 Å². The molecular weight excluding hydrogens is 364 g/mol. The molecule has 2 aromatic rings. The summed E-state index contributed by atoms with van der Waals surface area (Å²) in [5.74, 6) is 2.32. The minimum Gasteiger partial charge on any atom is -0.454 e. The van der Waals surface area contributed by atoms with Gasteiger partial charge >= 0.3 is 6.03 Å². The Kier molecular flexibility index (Phi) is 4.76. The molecule has 10 heteroatoms. The van der Waals surface area contributed by atoms with Crippen LogP contribution in [0, 0.1) is 0 Å². The van der Waals surface area contributed by atoms with Gasteiger partial charge in [-0.1, -0.05) is 13.0 Å². The number of nitrogens with one attached hydrogen (secondary N) is 1. The average Bonchev–Trinajstić information content (AvgIpc) is 3.28. The van der Waals surface area contributed by atoms with Crippen molar-refractivity contribution in [2.45, 2.75) is 19.9 Å². The van der Waals surface area contributed by atoms with Gasteiger partial charge < -0.3 is 19.3 Å². The summed E-state index contributed by atoms with van der Waals surface area (Å²) < 4.78 is 12.3. The van der Waals surface area contributed by atoms with E-state index in [0.717, 1.165) is 17.8 Å². The molecule has 1 aromatic heterocycles. The van der Waals surface area contributed by atoms with Crippen molar-refractivity contribution in [2.24, 2.45) is 7.05 Å². The van der Waals surface area contributed by atoms with Crippen molar-refractivity contribution < 1.29 is 19.1 Å². The van der Waals surface area contributed by atoms with Crippen LogP contribution in [-0.2, 0) is 24.8 Å². The van der Waals surface area contributed by atoms with E-state index in [1.54, 1.807) is 16.6 Å². The molecule has 1 aromatic carbocycles. The highest BCUT2D eigenvalue weighted by atomic mass is 16.7. The third kappa shape index (κ3) is 3.57. The molecule has 1 fully saturated rings. The molecule has 0 spiro atoms. The van der Waals surface area contributed by atoms with Crippen molar-refractivity contribution in [3.63, 3.8) is 0 Å². The van der Waals surface area contributed by atoms with E-state index < -0.39 is 0 Å². The van der Waals surface area contributed by atoms with Gasteiger partial charge in [-0.05, 0) is 17.7 Å². The number of rotatable bonds is 4. The van der Waals surface area contributed by atoms with Crippen LogP contribution >= 0.6 is 0 Å². The standard InChI is InChI=1S/C18H22N6O4/c1-3-15-19-17(21-22(15)2)20-18(26)24-7-6-23(16(25)10-24)9-12-4-5-13-14(8-12)28-11-27-13/h4-5,8H,3,6-7,9-11H2,1-2H3,(H,20,21,26). The number of fused-ring (bicyclic) bond motifs is 1. The summed E-state index contributed by atoms with van der Waals surface area (Å²) in [5, 5.41) is 6.83. The van der Waals surface area contributed by atoms with Gasteiger partial charge in [0.25, 0.3) is 0 Å². The highest BCUT2D eigenvalue weighted by molar-refractivity contribution is 5.91. The molecule has 0 unspecified atom stereocenters. The average molecular weight is 386 g/mol. The molecule has 0 saturated carbocycles. The number of hydrogen-bond acceptors (Lipinski definition) is 6. The molecule has 0 radical (unpaired) electrons. The van der Waals surface area contributed by atoms with Gasteiger partial charge in [-0.15, -0.1) is 5.10 Å². The SMILES string of the molecule is CCc1nc(NC(=O)N2CCN(Cc3ccc4c(c3)OCO4)C(=O)C2)nn1C. The molecule has 10 nitrogen and oxygen atoms in total. The zero-order valence-corrected chi connectivity index (χ0v) is 15.8. The molecule has 2 aliphatic rings. The van der Waals surface area contributed by atoms with Crippen molar-refractivity contribution in [1.82, 2.24) is 24.6 Å². The Morgan fingerprint density at radius 2 is 2.07 bits per heavy atom. The lowest BCUT2D eigenvalue weighted by atomic mass is 10.1. The molecule has 0 atom stereocenters. The minimum absolute atomic E-state index is 0.0177. The summed E-state index contributed by atoms with van der Waals surface area (Å²) in [5.41, 5.74) is 0.959. The van der Waals surface area contributed by atoms with E-state index in [-0.39, 0.29) is 31.2 Å². The summed E-state index contributed by atoms with van der Waals surface area (Å²) in [6.45, 7) is 3.56. The molecule has 4 rings (SSSR count). The molecular formula is C18H22N6O4. The third-order valence-electron chi connectivity index (χ3n) is 4.80. The van der Waals surface area contributed by atoms with Gasteiger partial charge in [0.2, 0.25) is 18.6 Å². The molecule has 2 aliphatic heterocycles. The first-order valence-electron chi connectivity index (χ1n) is 9.15. The summed E-state index contributed by atoms with van der Waals surface area (Å²) in [6, 6.07) is 5.27. The van der Waals surface area contributed by atoms with E-state index in [1.165, 1.54) is 4.90 Å². The van der Waals surface area contributed by atoms with Gasteiger partial charge in [0, 0.05) is 33.1 Å². The summed E-state index contributed by atoms with van der Waals surface area (Å²) >= 11 is 0. The maximum absolute atomic E-state index is 12.5. The van der Waals surface area contributed by atoms with Crippen LogP contribution in [0.1, 0.15) is 18.3 Å². The number of carbonyl (C=O) groups is 2. The number of benzene rings is 1. The Bertz CT molecular complexity index is 911. The quantitative estimate of drug-likeness (QED) is 0.841. The maximum atomic E-state index is 12.5. The van der Waals surface area contributed by atoms with Crippen molar-refractivity contribution in [3.8, 4) is 11.5 Å². The topological polar surface area (TPSA) is 102 Å². The van der Waals surface area contributed by atoms with Crippen LogP contribution in [0.15, 0.2) is 18.2 Å². The lowest BCUT2D eigenvalue weighted by Crippen LogP contribution is -2.52. The van der Waals surface area contributed by atoms with Crippen LogP contribution in [0.3, 0.4) is 0 Å². The first-order valence-corrected chi connectivity index (χ1v) is 9.15. The van der Waals surface area contributed by atoms with Crippen molar-refractivity contribution in [1.29, 1.82) is 0 Å². The number of aromatic nitrogens is 3. The number of aryl methyl sites for hydroxylation is 2. The van der Waals surface area contributed by atoms with Crippen LogP contribution in [-0.4, -0.2) is 62.9 Å². The van der Waals surface area contributed by atoms with Gasteiger partial charge in [-0.3, -0.25) is 14.8 Å². The minimum atomic E-state index is -0.371. The Labute approximate surface area is 162 Å². The molecule has 1 saturated heterocycles. The Hall–Kier alpha value is -3.30. The molecule has 28 heavy (non-hydrogen) atoms. The van der Waals surface area contributed by atoms with Crippen molar-refractivity contribution in [3.05, 3.63) is 29.6 Å². The van der Waals surface area contributed by atoms with Crippen LogP contribution < -0.4 is 14.8 Å². The molecule has 0 bridgehead atoms. The third-order valence-corrected chi connectivity index (χ3v) is 4.80. The fourth-order valence-electron chi connectivity index (χ4n) is 3.26. The largest absolute Gasteiger partial charge is 0.454 e. The zero-order valence-electron chi connectivity index (χ0n) is 15.8.